The summed E-state index contributed by atoms with van der Waals surface area (Å²) in [5.41, 5.74) is 0.647. The summed E-state index contributed by atoms with van der Waals surface area (Å²) in [6, 6.07) is 1.62. The summed E-state index contributed by atoms with van der Waals surface area (Å²) in [4.78, 5) is 14.4. The highest BCUT2D eigenvalue weighted by atomic mass is 16.6. The van der Waals surface area contributed by atoms with Crippen molar-refractivity contribution in [3.63, 3.8) is 0 Å². The number of ether oxygens (including phenoxy) is 1. The molecule has 1 rings (SSSR count). The summed E-state index contributed by atoms with van der Waals surface area (Å²) in [6.07, 6.45) is 2.34. The SMILES string of the molecule is COCCCNc1nccc(C)c1[N+](=O)[O-]. The Kier molecular flexibility index (Phi) is 4.65. The molecule has 0 unspecified atom stereocenters. The van der Waals surface area contributed by atoms with Gasteiger partial charge in [0.05, 0.1) is 4.92 Å². The zero-order chi connectivity index (χ0) is 12.0. The van der Waals surface area contributed by atoms with Crippen LogP contribution < -0.4 is 5.32 Å². The topological polar surface area (TPSA) is 77.3 Å². The number of nitro groups is 1. The lowest BCUT2D eigenvalue weighted by molar-refractivity contribution is -0.384. The largest absolute Gasteiger partial charge is 0.385 e. The fourth-order valence-corrected chi connectivity index (χ4v) is 1.33. The van der Waals surface area contributed by atoms with Crippen LogP contribution in [0, 0.1) is 17.0 Å². The monoisotopic (exact) mass is 225 g/mol. The molecule has 0 aliphatic carbocycles. The average Bonchev–Trinajstić information content (AvgIpc) is 2.24. The highest BCUT2D eigenvalue weighted by molar-refractivity contribution is 5.59. The van der Waals surface area contributed by atoms with E-state index in [1.54, 1.807) is 26.3 Å². The molecule has 0 saturated carbocycles. The zero-order valence-corrected chi connectivity index (χ0v) is 9.40. The van der Waals surface area contributed by atoms with Gasteiger partial charge in [-0.05, 0) is 19.4 Å². The van der Waals surface area contributed by atoms with Gasteiger partial charge in [-0.1, -0.05) is 0 Å². The van der Waals surface area contributed by atoms with E-state index in [1.807, 2.05) is 0 Å². The maximum Gasteiger partial charge on any atom is 0.314 e. The van der Waals surface area contributed by atoms with E-state index in [0.717, 1.165) is 6.42 Å². The number of nitrogens with one attached hydrogen (secondary N) is 1. The Morgan fingerprint density at radius 1 is 1.62 bits per heavy atom. The normalized spacial score (nSPS) is 10.1. The molecule has 0 radical (unpaired) electrons. The van der Waals surface area contributed by atoms with Crippen molar-refractivity contribution in [3.8, 4) is 0 Å². The minimum atomic E-state index is -0.416. The molecule has 0 atom stereocenters. The Morgan fingerprint density at radius 2 is 2.38 bits per heavy atom. The van der Waals surface area contributed by atoms with Crippen LogP contribution in [-0.4, -0.2) is 30.2 Å². The molecule has 0 aromatic carbocycles. The number of aryl methyl sites for hydroxylation is 1. The molecule has 16 heavy (non-hydrogen) atoms. The van der Waals surface area contributed by atoms with Crippen molar-refractivity contribution in [2.45, 2.75) is 13.3 Å². The van der Waals surface area contributed by atoms with E-state index in [2.05, 4.69) is 10.3 Å². The second kappa shape index (κ2) is 6.02. The van der Waals surface area contributed by atoms with E-state index < -0.39 is 4.92 Å². The van der Waals surface area contributed by atoms with Crippen molar-refractivity contribution in [3.05, 3.63) is 27.9 Å². The van der Waals surface area contributed by atoms with E-state index in [9.17, 15) is 10.1 Å². The van der Waals surface area contributed by atoms with Crippen molar-refractivity contribution < 1.29 is 9.66 Å². The number of anilines is 1. The van der Waals surface area contributed by atoms with Crippen LogP contribution in [0.3, 0.4) is 0 Å². The van der Waals surface area contributed by atoms with Crippen LogP contribution in [0.2, 0.25) is 0 Å². The third-order valence-corrected chi connectivity index (χ3v) is 2.13. The molecule has 1 aromatic rings. The van der Waals surface area contributed by atoms with Crippen LogP contribution in [0.25, 0.3) is 0 Å². The summed E-state index contributed by atoms with van der Waals surface area (Å²) in [6.45, 7) is 2.91. The molecule has 1 N–H and O–H groups in total. The molecule has 1 aromatic heterocycles. The summed E-state index contributed by atoms with van der Waals surface area (Å²) in [5, 5.41) is 13.8. The van der Waals surface area contributed by atoms with Gasteiger partial charge in [-0.2, -0.15) is 0 Å². The molecule has 6 nitrogen and oxygen atoms in total. The van der Waals surface area contributed by atoms with Crippen molar-refractivity contribution in [1.29, 1.82) is 0 Å². The molecule has 0 fully saturated rings. The fourth-order valence-electron chi connectivity index (χ4n) is 1.33. The molecule has 0 amide bonds. The lowest BCUT2D eigenvalue weighted by Crippen LogP contribution is -2.08. The predicted molar refractivity (Wildman–Crippen MR) is 60.6 cm³/mol. The Balaban J connectivity index is 2.71. The Labute approximate surface area is 93.8 Å². The van der Waals surface area contributed by atoms with Crippen LogP contribution >= 0.6 is 0 Å². The molecule has 0 bridgehead atoms. The molecular formula is C10H15N3O3. The van der Waals surface area contributed by atoms with Gasteiger partial charge in [-0.15, -0.1) is 0 Å². The Bertz CT molecular complexity index is 368. The zero-order valence-electron chi connectivity index (χ0n) is 9.40. The highest BCUT2D eigenvalue weighted by Gasteiger charge is 2.17. The average molecular weight is 225 g/mol. The smallest absolute Gasteiger partial charge is 0.314 e. The van der Waals surface area contributed by atoms with Gasteiger partial charge in [-0.25, -0.2) is 4.98 Å². The highest BCUT2D eigenvalue weighted by Crippen LogP contribution is 2.25. The van der Waals surface area contributed by atoms with Gasteiger partial charge >= 0.3 is 5.69 Å². The number of aromatic nitrogens is 1. The summed E-state index contributed by atoms with van der Waals surface area (Å²) >= 11 is 0. The van der Waals surface area contributed by atoms with Gasteiger partial charge in [0.2, 0.25) is 5.82 Å². The van der Waals surface area contributed by atoms with Gasteiger partial charge < -0.3 is 10.1 Å². The van der Waals surface area contributed by atoms with Gasteiger partial charge in [-0.3, -0.25) is 10.1 Å². The first kappa shape index (κ1) is 12.4. The van der Waals surface area contributed by atoms with Crippen LogP contribution in [-0.2, 0) is 4.74 Å². The van der Waals surface area contributed by atoms with Crippen LogP contribution in [0.1, 0.15) is 12.0 Å². The van der Waals surface area contributed by atoms with E-state index in [4.69, 9.17) is 4.74 Å². The first-order chi connectivity index (χ1) is 7.66. The van der Waals surface area contributed by atoms with E-state index in [0.29, 0.717) is 24.5 Å². The second-order valence-corrected chi connectivity index (χ2v) is 3.36. The van der Waals surface area contributed by atoms with Crippen molar-refractivity contribution in [2.75, 3.05) is 25.6 Å². The van der Waals surface area contributed by atoms with Gasteiger partial charge in [0.1, 0.15) is 0 Å². The Morgan fingerprint density at radius 3 is 3.00 bits per heavy atom. The molecule has 0 aliphatic heterocycles. The summed E-state index contributed by atoms with van der Waals surface area (Å²) < 4.78 is 4.89. The summed E-state index contributed by atoms with van der Waals surface area (Å²) in [7, 11) is 1.62. The molecule has 0 spiro atoms. The predicted octanol–water partition coefficient (Wildman–Crippen LogP) is 1.75. The number of hydrogen-bond acceptors (Lipinski definition) is 5. The first-order valence-corrected chi connectivity index (χ1v) is 4.99. The minimum Gasteiger partial charge on any atom is -0.385 e. The summed E-state index contributed by atoms with van der Waals surface area (Å²) in [5.74, 6) is 0.320. The third kappa shape index (κ3) is 3.16. The maximum absolute atomic E-state index is 10.8. The quantitative estimate of drug-likeness (QED) is 0.453. The molecule has 6 heteroatoms. The second-order valence-electron chi connectivity index (χ2n) is 3.36. The van der Waals surface area contributed by atoms with Gasteiger partial charge in [0.25, 0.3) is 0 Å². The number of pyridine rings is 1. The minimum absolute atomic E-state index is 0.0416. The molecule has 88 valence electrons. The fraction of sp³-hybridized carbons (Fsp3) is 0.500. The van der Waals surface area contributed by atoms with Crippen molar-refractivity contribution >= 4 is 11.5 Å². The number of methoxy groups -OCH3 is 1. The standard InChI is InChI=1S/C10H15N3O3/c1-8-4-6-12-10(9(8)13(14)15)11-5-3-7-16-2/h4,6H,3,5,7H2,1-2H3,(H,11,12). The van der Waals surface area contributed by atoms with Crippen LogP contribution in [0.4, 0.5) is 11.5 Å². The van der Waals surface area contributed by atoms with Crippen molar-refractivity contribution in [2.24, 2.45) is 0 Å². The van der Waals surface area contributed by atoms with Crippen molar-refractivity contribution in [1.82, 2.24) is 4.98 Å². The number of rotatable bonds is 6. The first-order valence-electron chi connectivity index (χ1n) is 4.99. The van der Waals surface area contributed by atoms with Gasteiger partial charge in [0, 0.05) is 32.0 Å². The third-order valence-electron chi connectivity index (χ3n) is 2.13. The van der Waals surface area contributed by atoms with Crippen LogP contribution in [0.5, 0.6) is 0 Å². The molecule has 0 aliphatic rings. The number of nitrogens with zero attached hydrogens (tertiary/aromatic N) is 2. The van der Waals surface area contributed by atoms with E-state index in [1.165, 1.54) is 0 Å². The molecule has 0 saturated heterocycles. The maximum atomic E-state index is 10.8. The lowest BCUT2D eigenvalue weighted by Gasteiger charge is -2.06. The molecule has 1 heterocycles. The Hall–Kier alpha value is -1.69. The van der Waals surface area contributed by atoms with Crippen LogP contribution in [0.15, 0.2) is 12.3 Å². The van der Waals surface area contributed by atoms with E-state index >= 15 is 0 Å². The number of hydrogen-bond donors (Lipinski definition) is 1. The lowest BCUT2D eigenvalue weighted by atomic mass is 10.2. The molecular weight excluding hydrogens is 210 g/mol. The van der Waals surface area contributed by atoms with E-state index in [-0.39, 0.29) is 5.69 Å². The van der Waals surface area contributed by atoms with Gasteiger partial charge in [0.15, 0.2) is 0 Å².